The van der Waals surface area contributed by atoms with Crippen molar-refractivity contribution in [1.29, 1.82) is 0 Å². The third-order valence-corrected chi connectivity index (χ3v) is 7.77. The van der Waals surface area contributed by atoms with Crippen LogP contribution in [-0.2, 0) is 10.0 Å². The van der Waals surface area contributed by atoms with Gasteiger partial charge in [0, 0.05) is 19.1 Å². The molecule has 0 bridgehead atoms. The van der Waals surface area contributed by atoms with E-state index in [1.807, 2.05) is 0 Å². The Bertz CT molecular complexity index is 663. The van der Waals surface area contributed by atoms with Gasteiger partial charge in [-0.2, -0.15) is 4.31 Å². The molecular formula is C16H24N2O3S2. The van der Waals surface area contributed by atoms with E-state index < -0.39 is 10.0 Å². The minimum Gasteiger partial charge on any atom is -0.349 e. The third-order valence-electron chi connectivity index (χ3n) is 4.79. The largest absolute Gasteiger partial charge is 0.349 e. The molecule has 1 saturated heterocycles. The first-order valence-electron chi connectivity index (χ1n) is 8.37. The summed E-state index contributed by atoms with van der Waals surface area (Å²) in [6.45, 7) is 3.31. The summed E-state index contributed by atoms with van der Waals surface area (Å²) in [4.78, 5) is 13.1. The Hall–Kier alpha value is -0.920. The number of sulfonamides is 1. The van der Waals surface area contributed by atoms with E-state index >= 15 is 0 Å². The molecule has 2 fully saturated rings. The average molecular weight is 357 g/mol. The maximum atomic E-state index is 12.7. The van der Waals surface area contributed by atoms with E-state index in [2.05, 4.69) is 12.2 Å². The number of carbonyl (C=O) groups is 1. The maximum absolute atomic E-state index is 12.7. The van der Waals surface area contributed by atoms with Gasteiger partial charge in [-0.1, -0.05) is 19.8 Å². The van der Waals surface area contributed by atoms with Crippen molar-refractivity contribution in [3.63, 3.8) is 0 Å². The van der Waals surface area contributed by atoms with Crippen LogP contribution in [0.15, 0.2) is 16.3 Å². The summed E-state index contributed by atoms with van der Waals surface area (Å²) < 4.78 is 26.9. The van der Waals surface area contributed by atoms with Crippen LogP contribution in [0.2, 0.25) is 0 Å². The van der Waals surface area contributed by atoms with E-state index in [1.54, 1.807) is 11.4 Å². The van der Waals surface area contributed by atoms with Gasteiger partial charge in [0.15, 0.2) is 0 Å². The molecule has 2 heterocycles. The molecule has 128 valence electrons. The van der Waals surface area contributed by atoms with E-state index in [1.165, 1.54) is 22.1 Å². The predicted octanol–water partition coefficient (Wildman–Crippen LogP) is 2.84. The number of carbonyl (C=O) groups excluding carboxylic acids is 1. The molecule has 1 saturated carbocycles. The van der Waals surface area contributed by atoms with Gasteiger partial charge in [-0.15, -0.1) is 11.3 Å². The van der Waals surface area contributed by atoms with Crippen molar-refractivity contribution in [2.75, 3.05) is 13.1 Å². The Morgan fingerprint density at radius 3 is 2.70 bits per heavy atom. The van der Waals surface area contributed by atoms with Gasteiger partial charge in [0.1, 0.15) is 9.77 Å². The fourth-order valence-corrected chi connectivity index (χ4v) is 6.37. The summed E-state index contributed by atoms with van der Waals surface area (Å²) in [7, 11) is -3.54. The molecule has 2 atom stereocenters. The monoisotopic (exact) mass is 356 g/mol. The molecule has 3 rings (SSSR count). The molecular weight excluding hydrogens is 332 g/mol. The van der Waals surface area contributed by atoms with Gasteiger partial charge in [0.25, 0.3) is 5.91 Å². The molecule has 23 heavy (non-hydrogen) atoms. The van der Waals surface area contributed by atoms with Gasteiger partial charge in [-0.05, 0) is 43.0 Å². The van der Waals surface area contributed by atoms with Gasteiger partial charge in [-0.3, -0.25) is 4.79 Å². The summed E-state index contributed by atoms with van der Waals surface area (Å²) >= 11 is 1.21. The number of nitrogens with one attached hydrogen (secondary N) is 1. The molecule has 1 N–H and O–H groups in total. The summed E-state index contributed by atoms with van der Waals surface area (Å²) in [5, 5.41) is 4.74. The lowest BCUT2D eigenvalue weighted by molar-refractivity contribution is 0.0922. The lowest BCUT2D eigenvalue weighted by Crippen LogP contribution is -2.38. The highest BCUT2D eigenvalue weighted by Crippen LogP contribution is 2.29. The molecule has 1 aliphatic carbocycles. The zero-order valence-corrected chi connectivity index (χ0v) is 15.1. The summed E-state index contributed by atoms with van der Waals surface area (Å²) in [5.41, 5.74) is 0. The second-order valence-electron chi connectivity index (χ2n) is 6.67. The van der Waals surface area contributed by atoms with Crippen molar-refractivity contribution < 1.29 is 13.2 Å². The van der Waals surface area contributed by atoms with E-state index in [0.717, 1.165) is 32.1 Å². The zero-order chi connectivity index (χ0) is 16.4. The Morgan fingerprint density at radius 2 is 2.00 bits per heavy atom. The van der Waals surface area contributed by atoms with E-state index in [9.17, 15) is 13.2 Å². The van der Waals surface area contributed by atoms with Crippen LogP contribution in [0.1, 0.15) is 55.1 Å². The van der Waals surface area contributed by atoms with Crippen LogP contribution in [0, 0.1) is 5.92 Å². The molecule has 5 nitrogen and oxygen atoms in total. The SMILES string of the molecule is CC1CCCC(NC(=O)c2sccc2S(=O)(=O)N2CCCC2)C1. The topological polar surface area (TPSA) is 66.5 Å². The Labute approximate surface area is 142 Å². The van der Waals surface area contributed by atoms with Crippen LogP contribution >= 0.6 is 11.3 Å². The van der Waals surface area contributed by atoms with Gasteiger partial charge in [0.05, 0.1) is 0 Å². The first-order valence-corrected chi connectivity index (χ1v) is 10.7. The molecule has 2 unspecified atom stereocenters. The lowest BCUT2D eigenvalue weighted by Gasteiger charge is -2.27. The van der Waals surface area contributed by atoms with Crippen molar-refractivity contribution in [1.82, 2.24) is 9.62 Å². The average Bonchev–Trinajstić information content (AvgIpc) is 3.19. The quantitative estimate of drug-likeness (QED) is 0.902. The van der Waals surface area contributed by atoms with Gasteiger partial charge < -0.3 is 5.32 Å². The zero-order valence-electron chi connectivity index (χ0n) is 13.5. The van der Waals surface area contributed by atoms with Gasteiger partial charge >= 0.3 is 0 Å². The molecule has 1 amide bonds. The van der Waals surface area contributed by atoms with Crippen LogP contribution in [0.3, 0.4) is 0 Å². The molecule has 1 aliphatic heterocycles. The molecule has 0 spiro atoms. The van der Waals surface area contributed by atoms with Crippen LogP contribution in [-0.4, -0.2) is 37.8 Å². The molecule has 1 aromatic rings. The third kappa shape index (κ3) is 3.61. The summed E-state index contributed by atoms with van der Waals surface area (Å²) in [6, 6.07) is 1.73. The van der Waals surface area contributed by atoms with Crippen molar-refractivity contribution >= 4 is 27.3 Å². The number of amides is 1. The fourth-order valence-electron chi connectivity index (χ4n) is 3.55. The van der Waals surface area contributed by atoms with E-state index in [4.69, 9.17) is 0 Å². The predicted molar refractivity (Wildman–Crippen MR) is 91.2 cm³/mol. The minimum atomic E-state index is -3.54. The number of hydrogen-bond acceptors (Lipinski definition) is 4. The molecule has 0 aromatic carbocycles. The van der Waals surface area contributed by atoms with Crippen molar-refractivity contribution in [3.8, 4) is 0 Å². The minimum absolute atomic E-state index is 0.163. The smallest absolute Gasteiger partial charge is 0.262 e. The van der Waals surface area contributed by atoms with Crippen LogP contribution in [0.25, 0.3) is 0 Å². The summed E-state index contributed by atoms with van der Waals surface area (Å²) in [6.07, 6.45) is 6.08. The lowest BCUT2D eigenvalue weighted by atomic mass is 9.87. The Kier molecular flexibility index (Phi) is 5.08. The van der Waals surface area contributed by atoms with Crippen molar-refractivity contribution in [3.05, 3.63) is 16.3 Å². The maximum Gasteiger partial charge on any atom is 0.262 e. The van der Waals surface area contributed by atoms with Crippen molar-refractivity contribution in [2.24, 2.45) is 5.92 Å². The second-order valence-corrected chi connectivity index (χ2v) is 9.49. The summed E-state index contributed by atoms with van der Waals surface area (Å²) in [5.74, 6) is 0.377. The van der Waals surface area contributed by atoms with Crippen LogP contribution in [0.4, 0.5) is 0 Å². The van der Waals surface area contributed by atoms with Gasteiger partial charge in [-0.25, -0.2) is 8.42 Å². The highest BCUT2D eigenvalue weighted by Gasteiger charge is 2.32. The number of hydrogen-bond donors (Lipinski definition) is 1. The highest BCUT2D eigenvalue weighted by atomic mass is 32.2. The van der Waals surface area contributed by atoms with Gasteiger partial charge in [0.2, 0.25) is 10.0 Å². The molecule has 1 aromatic heterocycles. The number of nitrogens with zero attached hydrogens (tertiary/aromatic N) is 1. The van der Waals surface area contributed by atoms with Crippen molar-refractivity contribution in [2.45, 2.75) is 56.4 Å². The first-order chi connectivity index (χ1) is 11.0. The Morgan fingerprint density at radius 1 is 1.26 bits per heavy atom. The number of thiophene rings is 1. The van der Waals surface area contributed by atoms with E-state index in [0.29, 0.717) is 23.9 Å². The molecule has 7 heteroatoms. The fraction of sp³-hybridized carbons (Fsp3) is 0.688. The van der Waals surface area contributed by atoms with Crippen LogP contribution < -0.4 is 5.32 Å². The Balaban J connectivity index is 1.76. The normalized spacial score (nSPS) is 26.3. The number of rotatable bonds is 4. The highest BCUT2D eigenvalue weighted by molar-refractivity contribution is 7.89. The van der Waals surface area contributed by atoms with Crippen LogP contribution in [0.5, 0.6) is 0 Å². The molecule has 2 aliphatic rings. The first kappa shape index (κ1) is 16.9. The van der Waals surface area contributed by atoms with E-state index in [-0.39, 0.29) is 16.8 Å². The standard InChI is InChI=1S/C16H24N2O3S2/c1-12-5-4-6-13(11-12)17-16(19)15-14(7-10-22-15)23(20,21)18-8-2-3-9-18/h7,10,12-13H,2-6,8-9,11H2,1H3,(H,17,19). The molecule has 0 radical (unpaired) electrons. The second kappa shape index (κ2) is 6.91.